The van der Waals surface area contributed by atoms with E-state index in [2.05, 4.69) is 0 Å². The monoisotopic (exact) mass is 242 g/mol. The Labute approximate surface area is 93.1 Å². The van der Waals surface area contributed by atoms with Gasteiger partial charge in [-0.2, -0.15) is 0 Å². The first-order chi connectivity index (χ1) is 7.23. The molecular formula is C11H11FO3S. The van der Waals surface area contributed by atoms with Gasteiger partial charge in [0.05, 0.1) is 5.60 Å². The normalized spacial score (nSPS) is 18.1. The highest BCUT2D eigenvalue weighted by molar-refractivity contribution is 7.95. The van der Waals surface area contributed by atoms with Crippen molar-refractivity contribution in [3.63, 3.8) is 0 Å². The van der Waals surface area contributed by atoms with Crippen molar-refractivity contribution < 1.29 is 17.9 Å². The summed E-state index contributed by atoms with van der Waals surface area (Å²) in [6.45, 7) is 2.93. The Morgan fingerprint density at radius 3 is 2.50 bits per heavy atom. The van der Waals surface area contributed by atoms with Crippen LogP contribution in [-0.2, 0) is 9.84 Å². The average molecular weight is 242 g/mol. The SMILES string of the molecule is CC(C)(O)C1=CS(=O)(=O)c2c(F)cccc21. The van der Waals surface area contributed by atoms with Gasteiger partial charge in [-0.1, -0.05) is 12.1 Å². The summed E-state index contributed by atoms with van der Waals surface area (Å²) in [5.74, 6) is -0.784. The molecule has 0 aliphatic carbocycles. The molecule has 0 fully saturated rings. The summed E-state index contributed by atoms with van der Waals surface area (Å²) < 4.78 is 36.9. The van der Waals surface area contributed by atoms with Gasteiger partial charge in [-0.15, -0.1) is 0 Å². The molecule has 0 atom stereocenters. The van der Waals surface area contributed by atoms with Crippen molar-refractivity contribution in [2.45, 2.75) is 24.3 Å². The van der Waals surface area contributed by atoms with Crippen molar-refractivity contribution >= 4 is 15.4 Å². The molecular weight excluding hydrogens is 231 g/mol. The minimum atomic E-state index is -3.77. The molecule has 1 heterocycles. The first-order valence-electron chi connectivity index (χ1n) is 4.72. The van der Waals surface area contributed by atoms with E-state index in [-0.39, 0.29) is 16.0 Å². The molecule has 0 saturated heterocycles. The third-order valence-corrected chi connectivity index (χ3v) is 4.00. The van der Waals surface area contributed by atoms with E-state index in [0.717, 1.165) is 11.5 Å². The second kappa shape index (κ2) is 3.15. The highest BCUT2D eigenvalue weighted by Gasteiger charge is 2.36. The molecule has 2 rings (SSSR count). The first-order valence-corrected chi connectivity index (χ1v) is 6.26. The third-order valence-electron chi connectivity index (χ3n) is 2.47. The van der Waals surface area contributed by atoms with Gasteiger partial charge in [0.2, 0.25) is 9.84 Å². The van der Waals surface area contributed by atoms with Crippen molar-refractivity contribution in [1.82, 2.24) is 0 Å². The van der Waals surface area contributed by atoms with Crippen molar-refractivity contribution in [1.29, 1.82) is 0 Å². The number of hydrogen-bond donors (Lipinski definition) is 1. The maximum absolute atomic E-state index is 13.5. The Morgan fingerprint density at radius 2 is 1.94 bits per heavy atom. The van der Waals surface area contributed by atoms with Gasteiger partial charge in [-0.25, -0.2) is 12.8 Å². The van der Waals surface area contributed by atoms with Crippen LogP contribution in [0.25, 0.3) is 5.57 Å². The van der Waals surface area contributed by atoms with Crippen LogP contribution in [0.15, 0.2) is 28.5 Å². The first kappa shape index (κ1) is 11.3. The topological polar surface area (TPSA) is 54.4 Å². The third kappa shape index (κ3) is 1.56. The Bertz CT molecular complexity index is 580. The minimum Gasteiger partial charge on any atom is -0.386 e. The molecule has 1 aliphatic rings. The number of sulfone groups is 1. The van der Waals surface area contributed by atoms with E-state index in [9.17, 15) is 17.9 Å². The van der Waals surface area contributed by atoms with E-state index in [1.807, 2.05) is 0 Å². The van der Waals surface area contributed by atoms with Crippen LogP contribution in [0.4, 0.5) is 4.39 Å². The summed E-state index contributed by atoms with van der Waals surface area (Å²) in [7, 11) is -3.77. The zero-order valence-corrected chi connectivity index (χ0v) is 9.68. The predicted molar refractivity (Wildman–Crippen MR) is 57.9 cm³/mol. The van der Waals surface area contributed by atoms with Gasteiger partial charge in [0.15, 0.2) is 0 Å². The van der Waals surface area contributed by atoms with E-state index in [0.29, 0.717) is 0 Å². The quantitative estimate of drug-likeness (QED) is 0.815. The molecule has 1 aliphatic heterocycles. The maximum atomic E-state index is 13.5. The lowest BCUT2D eigenvalue weighted by Crippen LogP contribution is -2.19. The van der Waals surface area contributed by atoms with Crippen LogP contribution in [-0.4, -0.2) is 19.1 Å². The summed E-state index contributed by atoms with van der Waals surface area (Å²) in [5, 5.41) is 10.8. The number of halogens is 1. The van der Waals surface area contributed by atoms with Crippen molar-refractivity contribution in [2.75, 3.05) is 0 Å². The van der Waals surface area contributed by atoms with E-state index >= 15 is 0 Å². The largest absolute Gasteiger partial charge is 0.386 e. The van der Waals surface area contributed by atoms with Crippen LogP contribution >= 0.6 is 0 Å². The molecule has 0 aromatic heterocycles. The Hall–Kier alpha value is -1.20. The van der Waals surface area contributed by atoms with Gasteiger partial charge in [-0.3, -0.25) is 0 Å². The van der Waals surface area contributed by atoms with Crippen LogP contribution in [0.3, 0.4) is 0 Å². The molecule has 1 aromatic carbocycles. The summed E-state index contributed by atoms with van der Waals surface area (Å²) in [6.07, 6.45) is 0. The fourth-order valence-electron chi connectivity index (χ4n) is 1.76. The van der Waals surface area contributed by atoms with E-state index in [4.69, 9.17) is 0 Å². The molecule has 3 nitrogen and oxygen atoms in total. The summed E-state index contributed by atoms with van der Waals surface area (Å²) in [5.41, 5.74) is -0.846. The second-order valence-corrected chi connectivity index (χ2v) is 5.99. The molecule has 0 spiro atoms. The molecule has 1 aromatic rings. The molecule has 16 heavy (non-hydrogen) atoms. The van der Waals surface area contributed by atoms with E-state index < -0.39 is 21.3 Å². The second-order valence-electron chi connectivity index (χ2n) is 4.25. The van der Waals surface area contributed by atoms with Gasteiger partial charge in [-0.05, 0) is 19.9 Å². The van der Waals surface area contributed by atoms with Crippen molar-refractivity contribution in [2.24, 2.45) is 0 Å². The average Bonchev–Trinajstić information content (AvgIpc) is 2.39. The lowest BCUT2D eigenvalue weighted by Gasteiger charge is -2.19. The lowest BCUT2D eigenvalue weighted by atomic mass is 9.93. The van der Waals surface area contributed by atoms with Gasteiger partial charge in [0.25, 0.3) is 0 Å². The van der Waals surface area contributed by atoms with Crippen molar-refractivity contribution in [3.8, 4) is 0 Å². The number of aliphatic hydroxyl groups is 1. The fourth-order valence-corrected chi connectivity index (χ4v) is 3.43. The minimum absolute atomic E-state index is 0.224. The van der Waals surface area contributed by atoms with Gasteiger partial charge >= 0.3 is 0 Å². The maximum Gasteiger partial charge on any atom is 0.203 e. The van der Waals surface area contributed by atoms with E-state index in [1.54, 1.807) is 0 Å². The Kier molecular flexibility index (Phi) is 2.22. The Morgan fingerprint density at radius 1 is 1.31 bits per heavy atom. The van der Waals surface area contributed by atoms with Crippen LogP contribution in [0.5, 0.6) is 0 Å². The fraction of sp³-hybridized carbons (Fsp3) is 0.273. The molecule has 0 bridgehead atoms. The predicted octanol–water partition coefficient (Wildman–Crippen LogP) is 1.72. The van der Waals surface area contributed by atoms with E-state index in [1.165, 1.54) is 26.0 Å². The smallest absolute Gasteiger partial charge is 0.203 e. The van der Waals surface area contributed by atoms with Gasteiger partial charge < -0.3 is 5.11 Å². The van der Waals surface area contributed by atoms with Gasteiger partial charge in [0, 0.05) is 16.5 Å². The molecule has 5 heteroatoms. The molecule has 86 valence electrons. The molecule has 1 N–H and O–H groups in total. The molecule has 0 saturated carbocycles. The zero-order chi connectivity index (χ0) is 12.1. The lowest BCUT2D eigenvalue weighted by molar-refractivity contribution is 0.144. The highest BCUT2D eigenvalue weighted by atomic mass is 32.2. The zero-order valence-electron chi connectivity index (χ0n) is 8.86. The molecule has 0 unspecified atom stereocenters. The van der Waals surface area contributed by atoms with Crippen LogP contribution in [0.1, 0.15) is 19.4 Å². The summed E-state index contributed by atoms with van der Waals surface area (Å²) >= 11 is 0. The van der Waals surface area contributed by atoms with Crippen LogP contribution in [0, 0.1) is 5.82 Å². The van der Waals surface area contributed by atoms with Gasteiger partial charge in [0.1, 0.15) is 10.7 Å². The van der Waals surface area contributed by atoms with Crippen LogP contribution < -0.4 is 0 Å². The van der Waals surface area contributed by atoms with Crippen molar-refractivity contribution in [3.05, 3.63) is 35.0 Å². The number of rotatable bonds is 1. The van der Waals surface area contributed by atoms with Crippen LogP contribution in [0.2, 0.25) is 0 Å². The molecule has 0 radical (unpaired) electrons. The number of benzene rings is 1. The standard InChI is InChI=1S/C11H11FO3S/c1-11(2,13)8-6-16(14,15)10-7(8)4-3-5-9(10)12/h3-6,13H,1-2H3. The summed E-state index contributed by atoms with van der Waals surface area (Å²) in [4.78, 5) is -0.341. The highest BCUT2D eigenvalue weighted by Crippen LogP contribution is 2.40. The molecule has 0 amide bonds. The summed E-state index contributed by atoms with van der Waals surface area (Å²) in [6, 6.07) is 4.01. The number of fused-ring (bicyclic) bond motifs is 1. The number of hydrogen-bond acceptors (Lipinski definition) is 3. The Balaban J connectivity index is 2.81.